The number of nitrogens with zero attached hydrogens (tertiary/aromatic N) is 1. The first kappa shape index (κ1) is 15.4. The zero-order valence-corrected chi connectivity index (χ0v) is 13.2. The van der Waals surface area contributed by atoms with Gasteiger partial charge in [-0.05, 0) is 30.7 Å². The van der Waals surface area contributed by atoms with E-state index < -0.39 is 10.0 Å². The van der Waals surface area contributed by atoms with Crippen LogP contribution in [0.25, 0.3) is 10.9 Å². The monoisotopic (exact) mass is 338 g/mol. The molecule has 0 bridgehead atoms. The summed E-state index contributed by atoms with van der Waals surface area (Å²) in [6.45, 7) is 0.0164. The normalized spacial score (nSPS) is 21.5. The molecule has 0 radical (unpaired) electrons. The predicted molar refractivity (Wildman–Crippen MR) is 85.2 cm³/mol. The van der Waals surface area contributed by atoms with E-state index in [0.717, 1.165) is 0 Å². The van der Waals surface area contributed by atoms with Crippen LogP contribution in [0.4, 0.5) is 0 Å². The van der Waals surface area contributed by atoms with Crippen molar-refractivity contribution in [2.24, 2.45) is 5.92 Å². The van der Waals surface area contributed by atoms with Crippen molar-refractivity contribution >= 4 is 32.5 Å². The Bertz CT molecular complexity index is 836. The van der Waals surface area contributed by atoms with Crippen LogP contribution in [0.5, 0.6) is 0 Å². The second kappa shape index (κ2) is 5.96. The summed E-state index contributed by atoms with van der Waals surface area (Å²) >= 11 is 6.07. The summed E-state index contributed by atoms with van der Waals surface area (Å²) in [6, 6.07) is 6.06. The maximum Gasteiger partial charge on any atom is 0.241 e. The third-order valence-corrected chi connectivity index (χ3v) is 5.54. The van der Waals surface area contributed by atoms with E-state index in [1.165, 1.54) is 12.1 Å². The second-order valence-corrected chi connectivity index (χ2v) is 7.33. The lowest BCUT2D eigenvalue weighted by atomic mass is 10.1. The summed E-state index contributed by atoms with van der Waals surface area (Å²) in [5.41, 5.74) is 0.460. The fourth-order valence-corrected chi connectivity index (χ4v) is 4.22. The number of hydrogen-bond acceptors (Lipinski definition) is 4. The van der Waals surface area contributed by atoms with Crippen molar-refractivity contribution in [1.29, 1.82) is 0 Å². The Morgan fingerprint density at radius 2 is 2.14 bits per heavy atom. The van der Waals surface area contributed by atoms with Gasteiger partial charge in [0.25, 0.3) is 0 Å². The average molecular weight is 339 g/mol. The van der Waals surface area contributed by atoms with Crippen molar-refractivity contribution in [1.82, 2.24) is 9.71 Å². The number of halogens is 1. The summed E-state index contributed by atoms with van der Waals surface area (Å²) < 4.78 is 27.9. The van der Waals surface area contributed by atoms with Gasteiger partial charge in [0.15, 0.2) is 0 Å². The van der Waals surface area contributed by atoms with Crippen molar-refractivity contribution in [3.63, 3.8) is 0 Å². The molecule has 0 saturated heterocycles. The van der Waals surface area contributed by atoms with Gasteiger partial charge in [0, 0.05) is 30.1 Å². The number of hydrogen-bond donors (Lipinski definition) is 2. The molecular weight excluding hydrogens is 324 g/mol. The van der Waals surface area contributed by atoms with Crippen LogP contribution < -0.4 is 4.72 Å². The minimum atomic E-state index is -3.70. The van der Waals surface area contributed by atoms with Crippen LogP contribution in [0, 0.1) is 5.92 Å². The average Bonchev–Trinajstić information content (AvgIpc) is 2.94. The van der Waals surface area contributed by atoms with Gasteiger partial charge >= 0.3 is 0 Å². The lowest BCUT2D eigenvalue weighted by Gasteiger charge is -2.14. The molecule has 2 atom stereocenters. The van der Waals surface area contributed by atoms with E-state index in [1.807, 2.05) is 6.08 Å². The van der Waals surface area contributed by atoms with Gasteiger partial charge in [0.1, 0.15) is 0 Å². The summed E-state index contributed by atoms with van der Waals surface area (Å²) in [7, 11) is -3.70. The van der Waals surface area contributed by atoms with E-state index in [2.05, 4.69) is 9.71 Å². The number of aromatic nitrogens is 1. The molecule has 22 heavy (non-hydrogen) atoms. The van der Waals surface area contributed by atoms with E-state index in [9.17, 15) is 8.42 Å². The van der Waals surface area contributed by atoms with Gasteiger partial charge in [-0.2, -0.15) is 0 Å². The highest BCUT2D eigenvalue weighted by Crippen LogP contribution is 2.28. The highest BCUT2D eigenvalue weighted by Gasteiger charge is 2.25. The largest absolute Gasteiger partial charge is 0.396 e. The Hall–Kier alpha value is -1.47. The zero-order chi connectivity index (χ0) is 15.7. The molecule has 1 aliphatic carbocycles. The molecule has 0 saturated carbocycles. The van der Waals surface area contributed by atoms with Crippen molar-refractivity contribution < 1.29 is 13.5 Å². The molecule has 7 heteroatoms. The van der Waals surface area contributed by atoms with Crippen molar-refractivity contribution in [3.05, 3.63) is 47.6 Å². The van der Waals surface area contributed by atoms with Gasteiger partial charge in [0.05, 0.1) is 15.4 Å². The number of nitrogens with one attached hydrogen (secondary N) is 1. The first-order valence-electron chi connectivity index (χ1n) is 6.86. The third-order valence-electron chi connectivity index (χ3n) is 3.68. The van der Waals surface area contributed by atoms with E-state index in [4.69, 9.17) is 16.7 Å². The molecule has 1 aliphatic rings. The molecule has 0 spiro atoms. The fourth-order valence-electron chi connectivity index (χ4n) is 2.61. The van der Waals surface area contributed by atoms with Crippen molar-refractivity contribution in [2.75, 3.05) is 6.61 Å². The van der Waals surface area contributed by atoms with Gasteiger partial charge in [-0.15, -0.1) is 0 Å². The number of aliphatic hydroxyl groups excluding tert-OH is 1. The number of benzene rings is 1. The van der Waals surface area contributed by atoms with Gasteiger partial charge in [-0.3, -0.25) is 4.98 Å². The smallest absolute Gasteiger partial charge is 0.241 e. The zero-order valence-electron chi connectivity index (χ0n) is 11.6. The number of rotatable bonds is 4. The quantitative estimate of drug-likeness (QED) is 0.837. The molecule has 2 aromatic rings. The molecule has 116 valence electrons. The molecule has 5 nitrogen and oxygen atoms in total. The van der Waals surface area contributed by atoms with Crippen molar-refractivity contribution in [3.8, 4) is 0 Å². The Balaban J connectivity index is 1.97. The first-order valence-corrected chi connectivity index (χ1v) is 8.72. The number of sulfonamides is 1. The standard InChI is InChI=1S/C15H15ClN2O3S/c16-13-5-6-14(12-2-1-7-17-15(12)13)22(20,21)18-11-4-3-10(8-11)9-19/h1-7,10-11,18-19H,8-9H2/t10-,11+/m0/s1. The molecule has 3 rings (SSSR count). The lowest BCUT2D eigenvalue weighted by molar-refractivity contribution is 0.248. The second-order valence-electron chi connectivity index (χ2n) is 5.24. The van der Waals surface area contributed by atoms with Gasteiger partial charge in [-0.1, -0.05) is 23.8 Å². The Labute approximate surface area is 133 Å². The maximum atomic E-state index is 12.6. The molecule has 1 aromatic carbocycles. The summed E-state index contributed by atoms with van der Waals surface area (Å²) in [5.74, 6) is -0.00340. The molecule has 0 amide bonds. The highest BCUT2D eigenvalue weighted by atomic mass is 35.5. The maximum absolute atomic E-state index is 12.6. The molecule has 1 heterocycles. The van der Waals surface area contributed by atoms with E-state index in [-0.39, 0.29) is 23.5 Å². The Kier molecular flexibility index (Phi) is 4.18. The van der Waals surface area contributed by atoms with Crippen LogP contribution in [0.2, 0.25) is 5.02 Å². The van der Waals surface area contributed by atoms with E-state index in [1.54, 1.807) is 24.4 Å². The SMILES string of the molecule is O=S(=O)(N[C@@H]1C=C[C@H](CO)C1)c1ccc(Cl)c2ncccc12. The molecule has 1 aromatic heterocycles. The molecule has 0 unspecified atom stereocenters. The van der Waals surface area contributed by atoms with Gasteiger partial charge in [0.2, 0.25) is 10.0 Å². The third kappa shape index (κ3) is 2.87. The minimum Gasteiger partial charge on any atom is -0.396 e. The highest BCUT2D eigenvalue weighted by molar-refractivity contribution is 7.89. The van der Waals surface area contributed by atoms with Crippen LogP contribution >= 0.6 is 11.6 Å². The van der Waals surface area contributed by atoms with Gasteiger partial charge in [-0.25, -0.2) is 13.1 Å². The first-order chi connectivity index (χ1) is 10.5. The van der Waals surface area contributed by atoms with Gasteiger partial charge < -0.3 is 5.11 Å². The molecule has 2 N–H and O–H groups in total. The molecular formula is C15H15ClN2O3S. The van der Waals surface area contributed by atoms with Crippen LogP contribution in [-0.2, 0) is 10.0 Å². The summed E-state index contributed by atoms with van der Waals surface area (Å²) in [6.07, 6.45) is 5.73. The predicted octanol–water partition coefficient (Wildman–Crippen LogP) is 2.10. The topological polar surface area (TPSA) is 79.3 Å². The fraction of sp³-hybridized carbons (Fsp3) is 0.267. The van der Waals surface area contributed by atoms with Crippen LogP contribution in [0.15, 0.2) is 47.5 Å². The number of pyridine rings is 1. The molecule has 0 fully saturated rings. The summed E-state index contributed by atoms with van der Waals surface area (Å²) in [4.78, 5) is 4.29. The minimum absolute atomic E-state index is 0.00340. The Morgan fingerprint density at radius 1 is 1.32 bits per heavy atom. The van der Waals surface area contributed by atoms with Crippen LogP contribution in [0.1, 0.15) is 6.42 Å². The van der Waals surface area contributed by atoms with E-state index >= 15 is 0 Å². The lowest BCUT2D eigenvalue weighted by Crippen LogP contribution is -2.33. The number of fused-ring (bicyclic) bond motifs is 1. The van der Waals surface area contributed by atoms with Crippen LogP contribution in [-0.4, -0.2) is 31.2 Å². The summed E-state index contributed by atoms with van der Waals surface area (Å²) in [5, 5.41) is 10.0. The Morgan fingerprint density at radius 3 is 2.86 bits per heavy atom. The van der Waals surface area contributed by atoms with Crippen molar-refractivity contribution in [2.45, 2.75) is 17.4 Å². The van der Waals surface area contributed by atoms with Crippen LogP contribution in [0.3, 0.4) is 0 Å². The number of aliphatic hydroxyl groups is 1. The van der Waals surface area contributed by atoms with E-state index in [0.29, 0.717) is 22.3 Å². The molecule has 0 aliphatic heterocycles.